The number of hydrogen-bond donors (Lipinski definition) is 2. The quantitative estimate of drug-likeness (QED) is 0.289. The van der Waals surface area contributed by atoms with Gasteiger partial charge in [0.25, 0.3) is 5.91 Å². The molecule has 0 atom stereocenters. The van der Waals surface area contributed by atoms with E-state index in [1.165, 1.54) is 24.4 Å². The molecule has 1 aliphatic carbocycles. The number of ether oxygens (including phenoxy) is 1. The average Bonchev–Trinajstić information content (AvgIpc) is 2.88. The van der Waals surface area contributed by atoms with E-state index in [0.717, 1.165) is 42.4 Å². The molecule has 0 unspecified atom stereocenters. The Morgan fingerprint density at radius 3 is 2.56 bits per heavy atom. The molecule has 0 aliphatic heterocycles. The van der Waals surface area contributed by atoms with Crippen molar-refractivity contribution in [3.05, 3.63) is 89.3 Å². The van der Waals surface area contributed by atoms with Gasteiger partial charge in [-0.25, -0.2) is 14.4 Å². The van der Waals surface area contributed by atoms with E-state index in [0.29, 0.717) is 17.4 Å². The zero-order chi connectivity index (χ0) is 24.2. The molecule has 5 rings (SSSR count). The predicted octanol–water partition coefficient (Wildman–Crippen LogP) is 6.79. The highest BCUT2D eigenvalue weighted by Gasteiger charge is 2.24. The largest absolute Gasteiger partial charge is 0.438 e. The smallest absolute Gasteiger partial charge is 0.257 e. The van der Waals surface area contributed by atoms with Crippen molar-refractivity contribution < 1.29 is 13.9 Å². The third-order valence-corrected chi connectivity index (χ3v) is 6.42. The predicted molar refractivity (Wildman–Crippen MR) is 142 cm³/mol. The number of carbonyl (C=O) groups is 1. The Hall–Kier alpha value is -3.42. The number of carbonyl (C=O) groups excluding carboxylic acids is 1. The van der Waals surface area contributed by atoms with Crippen molar-refractivity contribution in [2.75, 3.05) is 5.32 Å². The van der Waals surface area contributed by atoms with Crippen LogP contribution in [0.25, 0.3) is 10.9 Å². The van der Waals surface area contributed by atoms with Crippen LogP contribution in [0.1, 0.15) is 36.0 Å². The zero-order valence-electron chi connectivity index (χ0n) is 19.3. The normalized spacial score (nSPS) is 17.2. The SMILES string of the molecule is Cl.O=C(N[C@H]1CC[C@@H](Nc2ccc3ccccc3n2)CC1)c1cccnc1Oc1ccc(F)c(Cl)c1. The Balaban J connectivity index is 0.00000304. The summed E-state index contributed by atoms with van der Waals surface area (Å²) in [6, 6.07) is 19.8. The topological polar surface area (TPSA) is 76.1 Å². The van der Waals surface area contributed by atoms with Gasteiger partial charge in [-0.1, -0.05) is 29.8 Å². The van der Waals surface area contributed by atoms with Crippen LogP contribution in [0.2, 0.25) is 5.02 Å². The number of pyridine rings is 2. The highest BCUT2D eigenvalue weighted by molar-refractivity contribution is 6.30. The van der Waals surface area contributed by atoms with Crippen molar-refractivity contribution in [3.63, 3.8) is 0 Å². The highest BCUT2D eigenvalue weighted by Crippen LogP contribution is 2.28. The lowest BCUT2D eigenvalue weighted by molar-refractivity contribution is 0.0923. The van der Waals surface area contributed by atoms with Crippen LogP contribution in [-0.2, 0) is 0 Å². The summed E-state index contributed by atoms with van der Waals surface area (Å²) in [6.45, 7) is 0. The number of hydrogen-bond acceptors (Lipinski definition) is 5. The first-order valence-corrected chi connectivity index (χ1v) is 11.9. The second-order valence-corrected chi connectivity index (χ2v) is 9.00. The molecule has 2 N–H and O–H groups in total. The average molecular weight is 527 g/mol. The zero-order valence-corrected chi connectivity index (χ0v) is 20.9. The molecule has 1 amide bonds. The Morgan fingerprint density at radius 1 is 0.972 bits per heavy atom. The molecule has 0 radical (unpaired) electrons. The van der Waals surface area contributed by atoms with Crippen molar-refractivity contribution in [3.8, 4) is 11.6 Å². The summed E-state index contributed by atoms with van der Waals surface area (Å²) in [5.74, 6) is 0.520. The Kier molecular flexibility index (Phi) is 8.23. The summed E-state index contributed by atoms with van der Waals surface area (Å²) in [6.07, 6.45) is 5.07. The van der Waals surface area contributed by atoms with Crippen LogP contribution in [0.3, 0.4) is 0 Å². The van der Waals surface area contributed by atoms with Gasteiger partial charge in [0.1, 0.15) is 22.9 Å². The summed E-state index contributed by atoms with van der Waals surface area (Å²) in [4.78, 5) is 21.9. The van der Waals surface area contributed by atoms with Crippen LogP contribution in [0.15, 0.2) is 72.9 Å². The van der Waals surface area contributed by atoms with E-state index in [9.17, 15) is 9.18 Å². The van der Waals surface area contributed by atoms with Gasteiger partial charge in [-0.05, 0) is 68.1 Å². The summed E-state index contributed by atoms with van der Waals surface area (Å²) >= 11 is 5.84. The molecule has 6 nitrogen and oxygen atoms in total. The van der Waals surface area contributed by atoms with E-state index in [4.69, 9.17) is 21.3 Å². The number of para-hydroxylation sites is 1. The van der Waals surface area contributed by atoms with Gasteiger partial charge in [-0.3, -0.25) is 4.79 Å². The monoisotopic (exact) mass is 526 g/mol. The highest BCUT2D eigenvalue weighted by atomic mass is 35.5. The third kappa shape index (κ3) is 6.04. The molecular formula is C27H25Cl2FN4O2. The Morgan fingerprint density at radius 2 is 1.75 bits per heavy atom. The molecule has 0 bridgehead atoms. The molecule has 0 spiro atoms. The van der Waals surface area contributed by atoms with E-state index in [-0.39, 0.29) is 35.3 Å². The molecular weight excluding hydrogens is 502 g/mol. The summed E-state index contributed by atoms with van der Waals surface area (Å²) < 4.78 is 19.2. The Bertz CT molecular complexity index is 1360. The van der Waals surface area contributed by atoms with Crippen LogP contribution in [-0.4, -0.2) is 28.0 Å². The lowest BCUT2D eigenvalue weighted by Gasteiger charge is -2.30. The first-order valence-electron chi connectivity index (χ1n) is 11.6. The molecule has 2 aromatic carbocycles. The van der Waals surface area contributed by atoms with Crippen molar-refractivity contribution in [1.29, 1.82) is 0 Å². The number of halogens is 3. The van der Waals surface area contributed by atoms with E-state index >= 15 is 0 Å². The van der Waals surface area contributed by atoms with Crippen LogP contribution in [0.5, 0.6) is 11.6 Å². The number of amides is 1. The maximum Gasteiger partial charge on any atom is 0.257 e. The van der Waals surface area contributed by atoms with Gasteiger partial charge in [-0.2, -0.15) is 0 Å². The number of nitrogens with zero attached hydrogens (tertiary/aromatic N) is 2. The van der Waals surface area contributed by atoms with Gasteiger partial charge in [0.05, 0.1) is 10.5 Å². The Labute approximate surface area is 219 Å². The molecule has 2 heterocycles. The molecule has 9 heteroatoms. The fraction of sp³-hybridized carbons (Fsp3) is 0.222. The molecule has 186 valence electrons. The maximum absolute atomic E-state index is 13.4. The lowest BCUT2D eigenvalue weighted by Crippen LogP contribution is -2.40. The maximum atomic E-state index is 13.4. The first kappa shape index (κ1) is 25.7. The third-order valence-electron chi connectivity index (χ3n) is 6.13. The minimum atomic E-state index is -0.542. The first-order chi connectivity index (χ1) is 17.0. The molecule has 4 aromatic rings. The summed E-state index contributed by atoms with van der Waals surface area (Å²) in [5.41, 5.74) is 1.28. The molecule has 1 saturated carbocycles. The second kappa shape index (κ2) is 11.5. The number of aromatic nitrogens is 2. The van der Waals surface area contributed by atoms with Gasteiger partial charge >= 0.3 is 0 Å². The van der Waals surface area contributed by atoms with E-state index in [1.54, 1.807) is 12.1 Å². The summed E-state index contributed by atoms with van der Waals surface area (Å²) in [5, 5.41) is 7.69. The minimum absolute atomic E-state index is 0. The fourth-order valence-electron chi connectivity index (χ4n) is 4.30. The fourth-order valence-corrected chi connectivity index (χ4v) is 4.47. The molecule has 1 fully saturated rings. The van der Waals surface area contributed by atoms with Crippen molar-refractivity contribution in [2.45, 2.75) is 37.8 Å². The standard InChI is InChI=1S/C27H24ClFN4O2.ClH/c28-22-16-20(12-13-23(22)29)35-27-21(5-3-15-30-27)26(34)32-19-10-8-18(9-11-19)31-25-14-7-17-4-1-2-6-24(17)33-25;/h1-7,12-16,18-19H,8-11H2,(H,31,33)(H,32,34);1H/t18-,19+;. The van der Waals surface area contributed by atoms with E-state index < -0.39 is 5.82 Å². The number of nitrogens with one attached hydrogen (secondary N) is 2. The van der Waals surface area contributed by atoms with Crippen LogP contribution in [0, 0.1) is 5.82 Å². The van der Waals surface area contributed by atoms with Crippen molar-refractivity contribution in [2.24, 2.45) is 0 Å². The van der Waals surface area contributed by atoms with Crippen LogP contribution in [0.4, 0.5) is 10.2 Å². The number of rotatable bonds is 6. The second-order valence-electron chi connectivity index (χ2n) is 8.59. The molecule has 36 heavy (non-hydrogen) atoms. The summed E-state index contributed by atoms with van der Waals surface area (Å²) in [7, 11) is 0. The van der Waals surface area contributed by atoms with Gasteiger partial charge < -0.3 is 15.4 Å². The van der Waals surface area contributed by atoms with Gasteiger partial charge in [0.15, 0.2) is 0 Å². The van der Waals surface area contributed by atoms with Crippen molar-refractivity contribution in [1.82, 2.24) is 15.3 Å². The molecule has 2 aromatic heterocycles. The number of fused-ring (bicyclic) bond motifs is 1. The molecule has 0 saturated heterocycles. The van der Waals surface area contributed by atoms with Crippen LogP contribution >= 0.6 is 24.0 Å². The van der Waals surface area contributed by atoms with E-state index in [2.05, 4.69) is 21.7 Å². The van der Waals surface area contributed by atoms with E-state index in [1.807, 2.05) is 30.3 Å². The van der Waals surface area contributed by atoms with Crippen LogP contribution < -0.4 is 15.4 Å². The van der Waals surface area contributed by atoms with Gasteiger partial charge in [0, 0.05) is 29.7 Å². The van der Waals surface area contributed by atoms with Gasteiger partial charge in [0.2, 0.25) is 5.88 Å². The van der Waals surface area contributed by atoms with Crippen molar-refractivity contribution >= 4 is 46.6 Å². The molecule has 1 aliphatic rings. The lowest BCUT2D eigenvalue weighted by atomic mass is 9.91. The number of anilines is 1. The van der Waals surface area contributed by atoms with Gasteiger partial charge in [-0.15, -0.1) is 12.4 Å². The minimum Gasteiger partial charge on any atom is -0.438 e. The number of benzene rings is 2.